The van der Waals surface area contributed by atoms with Gasteiger partial charge in [-0.1, -0.05) is 51.9 Å². The fourth-order valence-corrected chi connectivity index (χ4v) is 4.62. The van der Waals surface area contributed by atoms with Gasteiger partial charge in [-0.05, 0) is 43.3 Å². The Kier molecular flexibility index (Phi) is 10.0. The molecule has 1 aliphatic rings. The summed E-state index contributed by atoms with van der Waals surface area (Å²) in [5.74, 6) is 0.802. The van der Waals surface area contributed by atoms with Gasteiger partial charge in [0.05, 0.1) is 0 Å². The Balaban J connectivity index is 1.96. The minimum Gasteiger partial charge on any atom is -0.616 e. The summed E-state index contributed by atoms with van der Waals surface area (Å²) in [4.78, 5) is 0. The normalized spacial score (nSPS) is 25.4. The van der Waals surface area contributed by atoms with Crippen LogP contribution in [-0.2, 0) is 11.2 Å². The van der Waals surface area contributed by atoms with E-state index in [0.717, 1.165) is 37.9 Å². The van der Waals surface area contributed by atoms with Gasteiger partial charge in [-0.25, -0.2) is 0 Å². The summed E-state index contributed by atoms with van der Waals surface area (Å²) < 4.78 is 12.1. The summed E-state index contributed by atoms with van der Waals surface area (Å²) in [6.45, 7) is 2.25. The highest BCUT2D eigenvalue weighted by Gasteiger charge is 2.32. The van der Waals surface area contributed by atoms with Crippen LogP contribution in [0, 0.1) is 0 Å². The van der Waals surface area contributed by atoms with Crippen molar-refractivity contribution in [1.82, 2.24) is 0 Å². The van der Waals surface area contributed by atoms with Crippen LogP contribution in [0.2, 0.25) is 0 Å². The molecule has 3 heteroatoms. The minimum absolute atomic E-state index is 0.0679. The Morgan fingerprint density at radius 2 is 1.53 bits per heavy atom. The molecule has 114 valence electrons. The van der Waals surface area contributed by atoms with E-state index in [9.17, 15) is 9.66 Å². The van der Waals surface area contributed by atoms with Crippen LogP contribution in [0.25, 0.3) is 0 Å². The molecule has 2 unspecified atom stereocenters. The fraction of sp³-hybridized carbons (Fsp3) is 1.00. The Bertz CT molecular complexity index is 211. The first-order valence-electron chi connectivity index (χ1n) is 8.31. The number of aliphatic hydroxyl groups is 1. The summed E-state index contributed by atoms with van der Waals surface area (Å²) in [5, 5.41) is 9.94. The molecule has 0 saturated heterocycles. The topological polar surface area (TPSA) is 43.3 Å². The lowest BCUT2D eigenvalue weighted by Gasteiger charge is -2.29. The van der Waals surface area contributed by atoms with Gasteiger partial charge in [0.15, 0.2) is 0 Å². The van der Waals surface area contributed by atoms with Gasteiger partial charge in [0.2, 0.25) is 0 Å². The van der Waals surface area contributed by atoms with E-state index >= 15 is 0 Å². The molecule has 19 heavy (non-hydrogen) atoms. The molecule has 2 nitrogen and oxygen atoms in total. The standard InChI is InChI=1S/C16H32O2S/c1-2-3-4-5-6-7-8-11-14-19(18)16-13-10-9-12-15(16)17/h15-17H,2-14H2,1H3/t15?,16?,19-/m1/s1. The molecule has 1 saturated carbocycles. The molecule has 1 rings (SSSR count). The highest BCUT2D eigenvalue weighted by atomic mass is 32.2. The molecule has 0 amide bonds. The average molecular weight is 288 g/mol. The first-order valence-corrected chi connectivity index (χ1v) is 9.69. The lowest BCUT2D eigenvalue weighted by Crippen LogP contribution is -2.38. The Morgan fingerprint density at radius 3 is 2.16 bits per heavy atom. The van der Waals surface area contributed by atoms with Crippen LogP contribution in [-0.4, -0.2) is 26.8 Å². The number of hydrogen-bond donors (Lipinski definition) is 1. The quantitative estimate of drug-likeness (QED) is 0.484. The molecule has 3 atom stereocenters. The predicted molar refractivity (Wildman–Crippen MR) is 83.9 cm³/mol. The highest BCUT2D eigenvalue weighted by molar-refractivity contribution is 7.92. The summed E-state index contributed by atoms with van der Waals surface area (Å²) in [7, 11) is 0. The smallest absolute Gasteiger partial charge is 0.141 e. The van der Waals surface area contributed by atoms with Crippen molar-refractivity contribution in [2.75, 3.05) is 5.75 Å². The van der Waals surface area contributed by atoms with Crippen LogP contribution < -0.4 is 0 Å². The van der Waals surface area contributed by atoms with E-state index in [4.69, 9.17) is 0 Å². The van der Waals surface area contributed by atoms with Crippen LogP contribution >= 0.6 is 0 Å². The van der Waals surface area contributed by atoms with E-state index in [1.54, 1.807) is 0 Å². The van der Waals surface area contributed by atoms with E-state index in [1.807, 2.05) is 0 Å². The van der Waals surface area contributed by atoms with Crippen molar-refractivity contribution in [1.29, 1.82) is 0 Å². The maximum absolute atomic E-state index is 12.1. The Labute approximate surface area is 122 Å². The second-order valence-electron chi connectivity index (χ2n) is 5.95. The van der Waals surface area contributed by atoms with Crippen molar-refractivity contribution < 1.29 is 9.66 Å². The third-order valence-electron chi connectivity index (χ3n) is 4.20. The van der Waals surface area contributed by atoms with Gasteiger partial charge < -0.3 is 9.66 Å². The Morgan fingerprint density at radius 1 is 0.947 bits per heavy atom. The van der Waals surface area contributed by atoms with E-state index in [-0.39, 0.29) is 11.4 Å². The van der Waals surface area contributed by atoms with Gasteiger partial charge in [-0.15, -0.1) is 0 Å². The fourth-order valence-electron chi connectivity index (χ4n) is 2.91. The van der Waals surface area contributed by atoms with E-state index in [2.05, 4.69) is 6.92 Å². The van der Waals surface area contributed by atoms with Crippen molar-refractivity contribution in [2.24, 2.45) is 0 Å². The van der Waals surface area contributed by atoms with E-state index < -0.39 is 11.2 Å². The maximum Gasteiger partial charge on any atom is 0.141 e. The van der Waals surface area contributed by atoms with Crippen LogP contribution in [0.1, 0.15) is 84.0 Å². The van der Waals surface area contributed by atoms with Crippen LogP contribution in [0.5, 0.6) is 0 Å². The van der Waals surface area contributed by atoms with Crippen molar-refractivity contribution in [3.05, 3.63) is 0 Å². The Hall–Kier alpha value is 0.270. The summed E-state index contributed by atoms with van der Waals surface area (Å²) in [6.07, 6.45) is 14.1. The summed E-state index contributed by atoms with van der Waals surface area (Å²) in [6, 6.07) is 0. The molecule has 1 fully saturated rings. The first kappa shape index (κ1) is 17.3. The minimum atomic E-state index is -0.797. The zero-order valence-corrected chi connectivity index (χ0v) is 13.4. The lowest BCUT2D eigenvalue weighted by molar-refractivity contribution is 0.133. The van der Waals surface area contributed by atoms with Crippen LogP contribution in [0.4, 0.5) is 0 Å². The van der Waals surface area contributed by atoms with Gasteiger partial charge in [-0.2, -0.15) is 0 Å². The maximum atomic E-state index is 12.1. The van der Waals surface area contributed by atoms with Gasteiger partial charge in [0, 0.05) is 0 Å². The highest BCUT2D eigenvalue weighted by Crippen LogP contribution is 2.25. The van der Waals surface area contributed by atoms with Crippen molar-refractivity contribution in [3.63, 3.8) is 0 Å². The average Bonchev–Trinajstić information content (AvgIpc) is 2.42. The van der Waals surface area contributed by atoms with Gasteiger partial charge in [0.1, 0.15) is 17.1 Å². The molecular formula is C16H32O2S. The molecule has 0 aromatic heterocycles. The third kappa shape index (κ3) is 7.57. The molecule has 0 aromatic rings. The second-order valence-corrected chi connectivity index (χ2v) is 7.73. The molecule has 0 bridgehead atoms. The zero-order valence-electron chi connectivity index (χ0n) is 12.6. The predicted octanol–water partition coefficient (Wildman–Crippen LogP) is 4.18. The second kappa shape index (κ2) is 11.0. The van der Waals surface area contributed by atoms with Crippen molar-refractivity contribution >= 4 is 11.2 Å². The summed E-state index contributed by atoms with van der Waals surface area (Å²) in [5.41, 5.74) is 0. The largest absolute Gasteiger partial charge is 0.616 e. The zero-order chi connectivity index (χ0) is 13.9. The molecule has 1 aliphatic carbocycles. The molecule has 0 aromatic carbocycles. The number of hydrogen-bond acceptors (Lipinski definition) is 2. The van der Waals surface area contributed by atoms with Crippen molar-refractivity contribution in [3.8, 4) is 0 Å². The van der Waals surface area contributed by atoms with Crippen molar-refractivity contribution in [2.45, 2.75) is 95.3 Å². The number of unbranched alkanes of at least 4 members (excludes halogenated alkanes) is 7. The summed E-state index contributed by atoms with van der Waals surface area (Å²) >= 11 is -0.797. The van der Waals surface area contributed by atoms with Gasteiger partial charge in [-0.3, -0.25) is 0 Å². The van der Waals surface area contributed by atoms with Gasteiger partial charge in [0.25, 0.3) is 0 Å². The number of aliphatic hydroxyl groups excluding tert-OH is 1. The molecule has 0 heterocycles. The molecule has 1 N–H and O–H groups in total. The van der Waals surface area contributed by atoms with Crippen LogP contribution in [0.3, 0.4) is 0 Å². The molecular weight excluding hydrogens is 256 g/mol. The monoisotopic (exact) mass is 288 g/mol. The van der Waals surface area contributed by atoms with Crippen LogP contribution in [0.15, 0.2) is 0 Å². The van der Waals surface area contributed by atoms with Gasteiger partial charge >= 0.3 is 0 Å². The molecule has 0 aliphatic heterocycles. The first-order chi connectivity index (χ1) is 9.25. The SMILES string of the molecule is CCCCCCCCCC[S@@+]([O-])C1CCCCC1O. The van der Waals surface area contributed by atoms with E-state index in [1.165, 1.54) is 44.9 Å². The lowest BCUT2D eigenvalue weighted by atomic mass is 9.97. The molecule has 0 radical (unpaired) electrons. The number of rotatable bonds is 10. The molecule has 0 spiro atoms. The van der Waals surface area contributed by atoms with E-state index in [0.29, 0.717) is 0 Å². The third-order valence-corrected chi connectivity index (χ3v) is 6.12.